The minimum Gasteiger partial charge on any atom is -0.324 e. The average Bonchev–Trinajstić information content (AvgIpc) is 2.91. The van der Waals surface area contributed by atoms with E-state index in [1.807, 2.05) is 6.07 Å². The first-order chi connectivity index (χ1) is 6.20. The first kappa shape index (κ1) is 11.5. The molecule has 1 aliphatic rings. The molecule has 1 fully saturated rings. The SMILES string of the molecule is Cc1c(F)cccc1[C@@H](N)C1CC1.Cl. The fraction of sp³-hybridized carbons (Fsp3) is 0.455. The van der Waals surface area contributed by atoms with Crippen LogP contribution in [-0.4, -0.2) is 0 Å². The molecule has 0 saturated heterocycles. The summed E-state index contributed by atoms with van der Waals surface area (Å²) in [5, 5.41) is 0. The van der Waals surface area contributed by atoms with E-state index >= 15 is 0 Å². The van der Waals surface area contributed by atoms with Gasteiger partial charge in [0, 0.05) is 6.04 Å². The predicted octanol–water partition coefficient (Wildman–Crippen LogP) is 2.97. The number of hydrogen-bond donors (Lipinski definition) is 1. The van der Waals surface area contributed by atoms with E-state index in [1.165, 1.54) is 18.9 Å². The maximum atomic E-state index is 13.2. The van der Waals surface area contributed by atoms with Gasteiger partial charge in [0.05, 0.1) is 0 Å². The van der Waals surface area contributed by atoms with E-state index in [9.17, 15) is 4.39 Å². The summed E-state index contributed by atoms with van der Waals surface area (Å²) >= 11 is 0. The van der Waals surface area contributed by atoms with Crippen LogP contribution in [0.15, 0.2) is 18.2 Å². The molecule has 78 valence electrons. The Morgan fingerprint density at radius 2 is 2.07 bits per heavy atom. The Kier molecular flexibility index (Phi) is 3.51. The molecule has 14 heavy (non-hydrogen) atoms. The van der Waals surface area contributed by atoms with Gasteiger partial charge in [0.2, 0.25) is 0 Å². The number of benzene rings is 1. The van der Waals surface area contributed by atoms with Gasteiger partial charge >= 0.3 is 0 Å². The zero-order valence-corrected chi connectivity index (χ0v) is 8.98. The largest absolute Gasteiger partial charge is 0.324 e. The van der Waals surface area contributed by atoms with E-state index in [4.69, 9.17) is 5.73 Å². The minimum absolute atomic E-state index is 0. The molecule has 1 atom stereocenters. The number of halogens is 2. The fourth-order valence-corrected chi connectivity index (χ4v) is 1.69. The second kappa shape index (κ2) is 4.28. The van der Waals surface area contributed by atoms with Gasteiger partial charge in [-0.15, -0.1) is 12.4 Å². The molecule has 0 amide bonds. The molecule has 1 aromatic rings. The van der Waals surface area contributed by atoms with Crippen LogP contribution in [0, 0.1) is 18.7 Å². The average molecular weight is 216 g/mol. The summed E-state index contributed by atoms with van der Waals surface area (Å²) in [6.45, 7) is 1.80. The molecule has 1 nitrogen and oxygen atoms in total. The topological polar surface area (TPSA) is 26.0 Å². The van der Waals surface area contributed by atoms with Gasteiger partial charge < -0.3 is 5.73 Å². The third-order valence-corrected chi connectivity index (χ3v) is 2.80. The number of hydrogen-bond acceptors (Lipinski definition) is 1. The number of nitrogens with two attached hydrogens (primary N) is 1. The van der Waals surface area contributed by atoms with Crippen molar-refractivity contribution in [1.82, 2.24) is 0 Å². The van der Waals surface area contributed by atoms with E-state index in [2.05, 4.69) is 0 Å². The van der Waals surface area contributed by atoms with Gasteiger partial charge in [-0.1, -0.05) is 12.1 Å². The first-order valence-corrected chi connectivity index (χ1v) is 4.70. The van der Waals surface area contributed by atoms with Crippen LogP contribution in [-0.2, 0) is 0 Å². The Hall–Kier alpha value is -0.600. The molecular formula is C11H15ClFN. The van der Waals surface area contributed by atoms with E-state index in [0.29, 0.717) is 11.5 Å². The Bertz CT molecular complexity index is 323. The van der Waals surface area contributed by atoms with Gasteiger partial charge in [0.25, 0.3) is 0 Å². The standard InChI is InChI=1S/C11H14FN.ClH/c1-7-9(3-2-4-10(7)12)11(13)8-5-6-8;/h2-4,8,11H,5-6,13H2,1H3;1H/t11-;/m0./s1. The Balaban J connectivity index is 0.000000980. The second-order valence-corrected chi connectivity index (χ2v) is 3.82. The van der Waals surface area contributed by atoms with Crippen molar-refractivity contribution in [3.63, 3.8) is 0 Å². The van der Waals surface area contributed by atoms with Gasteiger partial charge in [-0.25, -0.2) is 4.39 Å². The highest BCUT2D eigenvalue weighted by Gasteiger charge is 2.30. The molecular weight excluding hydrogens is 201 g/mol. The van der Waals surface area contributed by atoms with Crippen LogP contribution >= 0.6 is 12.4 Å². The fourth-order valence-electron chi connectivity index (χ4n) is 1.69. The zero-order chi connectivity index (χ0) is 9.42. The van der Waals surface area contributed by atoms with Gasteiger partial charge in [0.1, 0.15) is 5.82 Å². The Morgan fingerprint density at radius 1 is 1.43 bits per heavy atom. The molecule has 0 aromatic heterocycles. The van der Waals surface area contributed by atoms with Crippen molar-refractivity contribution in [1.29, 1.82) is 0 Å². The van der Waals surface area contributed by atoms with Crippen LogP contribution in [0.4, 0.5) is 4.39 Å². The highest BCUT2D eigenvalue weighted by Crippen LogP contribution is 2.40. The smallest absolute Gasteiger partial charge is 0.126 e. The van der Waals surface area contributed by atoms with Crippen LogP contribution in [0.5, 0.6) is 0 Å². The lowest BCUT2D eigenvalue weighted by atomic mass is 9.98. The summed E-state index contributed by atoms with van der Waals surface area (Å²) in [5.41, 5.74) is 7.69. The van der Waals surface area contributed by atoms with Crippen molar-refractivity contribution in [2.24, 2.45) is 11.7 Å². The quantitative estimate of drug-likeness (QED) is 0.807. The molecule has 2 rings (SSSR count). The van der Waals surface area contributed by atoms with Crippen molar-refractivity contribution in [2.45, 2.75) is 25.8 Å². The molecule has 3 heteroatoms. The van der Waals surface area contributed by atoms with Gasteiger partial charge in [-0.3, -0.25) is 0 Å². The molecule has 0 unspecified atom stereocenters. The third kappa shape index (κ3) is 2.07. The normalized spacial score (nSPS) is 17.4. The van der Waals surface area contributed by atoms with E-state index in [-0.39, 0.29) is 24.3 Å². The lowest BCUT2D eigenvalue weighted by Crippen LogP contribution is -2.14. The van der Waals surface area contributed by atoms with Gasteiger partial charge in [-0.05, 0) is 42.9 Å². The molecule has 1 aromatic carbocycles. The van der Waals surface area contributed by atoms with Crippen LogP contribution < -0.4 is 5.73 Å². The van der Waals surface area contributed by atoms with Crippen molar-refractivity contribution in [3.8, 4) is 0 Å². The van der Waals surface area contributed by atoms with E-state index < -0.39 is 0 Å². The summed E-state index contributed by atoms with van der Waals surface area (Å²) in [7, 11) is 0. The molecule has 0 radical (unpaired) electrons. The van der Waals surface area contributed by atoms with Crippen molar-refractivity contribution >= 4 is 12.4 Å². The summed E-state index contributed by atoms with van der Waals surface area (Å²) in [5.74, 6) is 0.439. The van der Waals surface area contributed by atoms with Crippen LogP contribution in [0.1, 0.15) is 30.0 Å². The lowest BCUT2D eigenvalue weighted by molar-refractivity contribution is 0.590. The highest BCUT2D eigenvalue weighted by atomic mass is 35.5. The molecule has 0 spiro atoms. The van der Waals surface area contributed by atoms with E-state index in [1.54, 1.807) is 13.0 Å². The van der Waals surface area contributed by atoms with E-state index in [0.717, 1.165) is 5.56 Å². The summed E-state index contributed by atoms with van der Waals surface area (Å²) in [6, 6.07) is 5.19. The molecule has 2 N–H and O–H groups in total. The Morgan fingerprint density at radius 3 is 2.64 bits per heavy atom. The maximum Gasteiger partial charge on any atom is 0.126 e. The maximum absolute atomic E-state index is 13.2. The third-order valence-electron chi connectivity index (χ3n) is 2.80. The van der Waals surface area contributed by atoms with Crippen LogP contribution in [0.3, 0.4) is 0 Å². The molecule has 1 saturated carbocycles. The molecule has 0 aliphatic heterocycles. The molecule has 1 aliphatic carbocycles. The predicted molar refractivity (Wildman–Crippen MR) is 58.0 cm³/mol. The summed E-state index contributed by atoms with van der Waals surface area (Å²) < 4.78 is 13.2. The second-order valence-electron chi connectivity index (χ2n) is 3.82. The van der Waals surface area contributed by atoms with Gasteiger partial charge in [-0.2, -0.15) is 0 Å². The van der Waals surface area contributed by atoms with Crippen molar-refractivity contribution < 1.29 is 4.39 Å². The zero-order valence-electron chi connectivity index (χ0n) is 8.16. The summed E-state index contributed by atoms with van der Waals surface area (Å²) in [6.07, 6.45) is 2.38. The van der Waals surface area contributed by atoms with Crippen LogP contribution in [0.25, 0.3) is 0 Å². The minimum atomic E-state index is -0.145. The van der Waals surface area contributed by atoms with Crippen molar-refractivity contribution in [2.75, 3.05) is 0 Å². The Labute approximate surface area is 89.9 Å². The summed E-state index contributed by atoms with van der Waals surface area (Å²) in [4.78, 5) is 0. The first-order valence-electron chi connectivity index (χ1n) is 4.70. The number of rotatable bonds is 2. The van der Waals surface area contributed by atoms with Gasteiger partial charge in [0.15, 0.2) is 0 Å². The van der Waals surface area contributed by atoms with Crippen LogP contribution in [0.2, 0.25) is 0 Å². The molecule has 0 heterocycles. The lowest BCUT2D eigenvalue weighted by Gasteiger charge is -2.13. The molecule has 0 bridgehead atoms. The van der Waals surface area contributed by atoms with Crippen molar-refractivity contribution in [3.05, 3.63) is 35.1 Å². The highest BCUT2D eigenvalue weighted by molar-refractivity contribution is 5.85. The monoisotopic (exact) mass is 215 g/mol.